The van der Waals surface area contributed by atoms with Crippen LogP contribution in [0.1, 0.15) is 89.2 Å². The molecule has 23 heavy (non-hydrogen) atoms. The molecule has 0 aliphatic carbocycles. The fourth-order valence-electron chi connectivity index (χ4n) is 3.23. The maximum atomic E-state index is 3.61. The third-order valence-corrected chi connectivity index (χ3v) is 4.78. The monoisotopic (exact) mass is 317 g/mol. The molecule has 1 aromatic rings. The summed E-state index contributed by atoms with van der Waals surface area (Å²) in [5.74, 6) is 0. The predicted octanol–water partition coefficient (Wildman–Crippen LogP) is 6.30. The summed E-state index contributed by atoms with van der Waals surface area (Å²) in [5.41, 5.74) is 3.03. The number of nitrogens with one attached hydrogen (secondary N) is 1. The van der Waals surface area contributed by atoms with Gasteiger partial charge in [-0.05, 0) is 43.5 Å². The van der Waals surface area contributed by atoms with Gasteiger partial charge in [0.05, 0.1) is 0 Å². The smallest absolute Gasteiger partial charge is 0.000825 e. The molecule has 0 aliphatic heterocycles. The molecule has 0 radical (unpaired) electrons. The van der Waals surface area contributed by atoms with Crippen LogP contribution in [0.2, 0.25) is 0 Å². The molecule has 0 bridgehead atoms. The highest BCUT2D eigenvalue weighted by atomic mass is 14.8. The molecule has 0 unspecified atom stereocenters. The zero-order valence-corrected chi connectivity index (χ0v) is 15.7. The standard InChI is InChI=1S/C22H39N/c1-3-5-6-7-8-9-10-11-12-15-19-23-20-18-22-17-14-13-16-21(22)4-2/h13-14,16-17,23H,3-12,15,18-20H2,1-2H3. The van der Waals surface area contributed by atoms with Gasteiger partial charge in [0.2, 0.25) is 0 Å². The van der Waals surface area contributed by atoms with E-state index in [0.717, 1.165) is 13.0 Å². The minimum atomic E-state index is 1.12. The molecule has 0 amide bonds. The van der Waals surface area contributed by atoms with Crippen molar-refractivity contribution < 1.29 is 0 Å². The van der Waals surface area contributed by atoms with Crippen molar-refractivity contribution in [3.05, 3.63) is 35.4 Å². The Morgan fingerprint density at radius 3 is 1.83 bits per heavy atom. The maximum Gasteiger partial charge on any atom is -0.000825 e. The first-order chi connectivity index (χ1) is 11.4. The Bertz CT molecular complexity index is 372. The molecule has 1 rings (SSSR count). The van der Waals surface area contributed by atoms with Gasteiger partial charge in [-0.15, -0.1) is 0 Å². The van der Waals surface area contributed by atoms with E-state index in [0.29, 0.717) is 0 Å². The Hall–Kier alpha value is -0.820. The van der Waals surface area contributed by atoms with Crippen molar-refractivity contribution in [1.82, 2.24) is 5.32 Å². The van der Waals surface area contributed by atoms with E-state index in [1.807, 2.05) is 0 Å². The van der Waals surface area contributed by atoms with E-state index >= 15 is 0 Å². The second kappa shape index (κ2) is 14.8. The largest absolute Gasteiger partial charge is 0.316 e. The lowest BCUT2D eigenvalue weighted by molar-refractivity contribution is 0.544. The van der Waals surface area contributed by atoms with E-state index in [1.165, 1.54) is 88.3 Å². The van der Waals surface area contributed by atoms with Crippen molar-refractivity contribution in [2.45, 2.75) is 90.9 Å². The van der Waals surface area contributed by atoms with E-state index in [9.17, 15) is 0 Å². The average Bonchev–Trinajstić information content (AvgIpc) is 2.59. The Labute approximate surface area is 145 Å². The van der Waals surface area contributed by atoms with Crippen LogP contribution in [0.4, 0.5) is 0 Å². The Kier molecular flexibility index (Phi) is 13.0. The van der Waals surface area contributed by atoms with Gasteiger partial charge in [0, 0.05) is 0 Å². The molecular formula is C22H39N. The molecule has 0 saturated carbocycles. The number of rotatable bonds is 15. The number of benzene rings is 1. The van der Waals surface area contributed by atoms with Crippen molar-refractivity contribution in [3.8, 4) is 0 Å². The van der Waals surface area contributed by atoms with Gasteiger partial charge >= 0.3 is 0 Å². The van der Waals surface area contributed by atoms with E-state index in [4.69, 9.17) is 0 Å². The van der Waals surface area contributed by atoms with Gasteiger partial charge in [-0.25, -0.2) is 0 Å². The van der Waals surface area contributed by atoms with Crippen LogP contribution in [-0.4, -0.2) is 13.1 Å². The van der Waals surface area contributed by atoms with Crippen LogP contribution in [0.5, 0.6) is 0 Å². The molecule has 1 heteroatoms. The minimum Gasteiger partial charge on any atom is -0.316 e. The van der Waals surface area contributed by atoms with Gasteiger partial charge in [0.15, 0.2) is 0 Å². The lowest BCUT2D eigenvalue weighted by Crippen LogP contribution is -2.18. The molecule has 0 saturated heterocycles. The third-order valence-electron chi connectivity index (χ3n) is 4.78. The number of hydrogen-bond donors (Lipinski definition) is 1. The van der Waals surface area contributed by atoms with Crippen LogP contribution >= 0.6 is 0 Å². The van der Waals surface area contributed by atoms with Gasteiger partial charge < -0.3 is 5.32 Å². The highest BCUT2D eigenvalue weighted by molar-refractivity contribution is 5.27. The Balaban J connectivity index is 1.86. The molecule has 132 valence electrons. The molecular weight excluding hydrogens is 278 g/mol. The molecule has 1 aromatic carbocycles. The summed E-state index contributed by atoms with van der Waals surface area (Å²) in [6.07, 6.45) is 16.5. The molecule has 0 fully saturated rings. The van der Waals surface area contributed by atoms with E-state index in [2.05, 4.69) is 43.4 Å². The summed E-state index contributed by atoms with van der Waals surface area (Å²) < 4.78 is 0. The summed E-state index contributed by atoms with van der Waals surface area (Å²) in [4.78, 5) is 0. The fourth-order valence-corrected chi connectivity index (χ4v) is 3.23. The second-order valence-electron chi connectivity index (χ2n) is 6.80. The minimum absolute atomic E-state index is 1.12. The predicted molar refractivity (Wildman–Crippen MR) is 104 cm³/mol. The van der Waals surface area contributed by atoms with Crippen LogP contribution in [0, 0.1) is 0 Å². The summed E-state index contributed by atoms with van der Waals surface area (Å²) in [7, 11) is 0. The summed E-state index contributed by atoms with van der Waals surface area (Å²) >= 11 is 0. The first-order valence-electron chi connectivity index (χ1n) is 10.2. The van der Waals surface area contributed by atoms with Crippen molar-refractivity contribution >= 4 is 0 Å². The second-order valence-corrected chi connectivity index (χ2v) is 6.80. The van der Waals surface area contributed by atoms with Gasteiger partial charge in [-0.1, -0.05) is 95.9 Å². The molecule has 1 N–H and O–H groups in total. The lowest BCUT2D eigenvalue weighted by Gasteiger charge is -2.08. The van der Waals surface area contributed by atoms with E-state index in [-0.39, 0.29) is 0 Å². The normalized spacial score (nSPS) is 11.0. The molecule has 0 heterocycles. The molecule has 0 atom stereocenters. The molecule has 1 nitrogen and oxygen atoms in total. The number of hydrogen-bond acceptors (Lipinski definition) is 1. The van der Waals surface area contributed by atoms with Crippen LogP contribution < -0.4 is 5.32 Å². The highest BCUT2D eigenvalue weighted by Crippen LogP contribution is 2.11. The Morgan fingerprint density at radius 1 is 0.652 bits per heavy atom. The maximum absolute atomic E-state index is 3.61. The highest BCUT2D eigenvalue weighted by Gasteiger charge is 1.99. The first kappa shape index (κ1) is 20.2. The SMILES string of the molecule is CCCCCCCCCCCCNCCc1ccccc1CC. The summed E-state index contributed by atoms with van der Waals surface area (Å²) in [5, 5.41) is 3.61. The van der Waals surface area contributed by atoms with Crippen LogP contribution in [0.25, 0.3) is 0 Å². The van der Waals surface area contributed by atoms with Crippen molar-refractivity contribution in [2.75, 3.05) is 13.1 Å². The molecule has 0 spiro atoms. The number of aryl methyl sites for hydroxylation is 1. The topological polar surface area (TPSA) is 12.0 Å². The van der Waals surface area contributed by atoms with Crippen LogP contribution in [-0.2, 0) is 12.8 Å². The van der Waals surface area contributed by atoms with E-state index in [1.54, 1.807) is 0 Å². The van der Waals surface area contributed by atoms with Crippen molar-refractivity contribution in [1.29, 1.82) is 0 Å². The van der Waals surface area contributed by atoms with Gasteiger partial charge in [-0.3, -0.25) is 0 Å². The molecule has 0 aliphatic rings. The first-order valence-corrected chi connectivity index (χ1v) is 10.2. The number of unbranched alkanes of at least 4 members (excludes halogenated alkanes) is 9. The third kappa shape index (κ3) is 10.5. The van der Waals surface area contributed by atoms with Gasteiger partial charge in [0.25, 0.3) is 0 Å². The zero-order chi connectivity index (χ0) is 16.6. The van der Waals surface area contributed by atoms with Gasteiger partial charge in [-0.2, -0.15) is 0 Å². The average molecular weight is 318 g/mol. The lowest BCUT2D eigenvalue weighted by atomic mass is 10.0. The quantitative estimate of drug-likeness (QED) is 0.374. The zero-order valence-electron chi connectivity index (χ0n) is 15.7. The summed E-state index contributed by atoms with van der Waals surface area (Å²) in [6, 6.07) is 8.86. The van der Waals surface area contributed by atoms with Crippen LogP contribution in [0.3, 0.4) is 0 Å². The van der Waals surface area contributed by atoms with Crippen molar-refractivity contribution in [2.24, 2.45) is 0 Å². The van der Waals surface area contributed by atoms with E-state index < -0.39 is 0 Å². The Morgan fingerprint density at radius 2 is 1.22 bits per heavy atom. The van der Waals surface area contributed by atoms with Gasteiger partial charge in [0.1, 0.15) is 0 Å². The summed E-state index contributed by atoms with van der Waals surface area (Å²) in [6.45, 7) is 6.84. The van der Waals surface area contributed by atoms with Crippen LogP contribution in [0.15, 0.2) is 24.3 Å². The van der Waals surface area contributed by atoms with Crippen molar-refractivity contribution in [3.63, 3.8) is 0 Å². The molecule has 0 aromatic heterocycles. The fraction of sp³-hybridized carbons (Fsp3) is 0.727.